The predicted molar refractivity (Wildman–Crippen MR) is 54.7 cm³/mol. The number of rotatable bonds is 2. The summed E-state index contributed by atoms with van der Waals surface area (Å²) in [6, 6.07) is 1.45. The SMILES string of the molecule is O=C(O)CC1=NS(=O)(=O)c2cnccc2N1.[Na+]. The van der Waals surface area contributed by atoms with Gasteiger partial charge >= 0.3 is 35.5 Å². The predicted octanol–water partition coefficient (Wildman–Crippen LogP) is -2.93. The number of amidine groups is 1. The van der Waals surface area contributed by atoms with Crippen molar-refractivity contribution in [1.29, 1.82) is 0 Å². The van der Waals surface area contributed by atoms with Crippen LogP contribution in [0.25, 0.3) is 0 Å². The Bertz CT molecular complexity index is 584. The normalized spacial score (nSPS) is 15.9. The minimum Gasteiger partial charge on any atom is -0.481 e. The van der Waals surface area contributed by atoms with Crippen LogP contribution in [-0.4, -0.2) is 30.3 Å². The molecular weight excluding hydrogens is 257 g/mol. The number of aromatic nitrogens is 1. The number of pyridine rings is 1. The van der Waals surface area contributed by atoms with E-state index in [1.54, 1.807) is 0 Å². The average molecular weight is 264 g/mol. The molecule has 17 heavy (non-hydrogen) atoms. The minimum atomic E-state index is -3.84. The van der Waals surface area contributed by atoms with Crippen molar-refractivity contribution >= 4 is 27.5 Å². The number of nitrogens with one attached hydrogen (secondary N) is 1. The molecule has 0 spiro atoms. The molecule has 9 heteroatoms. The van der Waals surface area contributed by atoms with Crippen molar-refractivity contribution in [3.05, 3.63) is 18.5 Å². The Hall–Kier alpha value is -0.960. The van der Waals surface area contributed by atoms with Gasteiger partial charge < -0.3 is 10.4 Å². The summed E-state index contributed by atoms with van der Waals surface area (Å²) in [4.78, 5) is 14.1. The van der Waals surface area contributed by atoms with Crippen molar-refractivity contribution in [2.24, 2.45) is 4.40 Å². The van der Waals surface area contributed by atoms with E-state index in [4.69, 9.17) is 5.11 Å². The topological polar surface area (TPSA) is 109 Å². The van der Waals surface area contributed by atoms with Crippen LogP contribution in [0.2, 0.25) is 0 Å². The summed E-state index contributed by atoms with van der Waals surface area (Å²) < 4.78 is 26.6. The van der Waals surface area contributed by atoms with E-state index in [2.05, 4.69) is 14.7 Å². The second-order valence-electron chi connectivity index (χ2n) is 3.08. The third-order valence-corrected chi connectivity index (χ3v) is 3.23. The molecule has 0 unspecified atom stereocenters. The van der Waals surface area contributed by atoms with Crippen LogP contribution in [0.5, 0.6) is 0 Å². The van der Waals surface area contributed by atoms with E-state index in [0.717, 1.165) is 0 Å². The molecule has 2 heterocycles. The van der Waals surface area contributed by atoms with E-state index in [0.29, 0.717) is 5.69 Å². The molecule has 2 rings (SSSR count). The van der Waals surface area contributed by atoms with Crippen molar-refractivity contribution in [2.45, 2.75) is 11.3 Å². The van der Waals surface area contributed by atoms with Gasteiger partial charge in [-0.05, 0) is 6.07 Å². The first-order valence-corrected chi connectivity index (χ1v) is 5.70. The number of hydrogen-bond acceptors (Lipinski definition) is 5. The third-order valence-electron chi connectivity index (χ3n) is 1.89. The Balaban J connectivity index is 0.00000144. The molecule has 84 valence electrons. The van der Waals surface area contributed by atoms with Crippen molar-refractivity contribution in [1.82, 2.24) is 4.98 Å². The Morgan fingerprint density at radius 3 is 2.82 bits per heavy atom. The van der Waals surface area contributed by atoms with Gasteiger partial charge in [0, 0.05) is 12.4 Å². The van der Waals surface area contributed by atoms with E-state index >= 15 is 0 Å². The first-order chi connectivity index (χ1) is 7.49. The molecule has 0 aromatic carbocycles. The molecule has 1 aliphatic rings. The zero-order valence-corrected chi connectivity index (χ0v) is 11.7. The molecule has 0 amide bonds. The van der Waals surface area contributed by atoms with Crippen LogP contribution in [0.4, 0.5) is 5.69 Å². The quantitative estimate of drug-likeness (QED) is 0.554. The summed E-state index contributed by atoms with van der Waals surface area (Å²) in [7, 11) is -3.84. The van der Waals surface area contributed by atoms with Gasteiger partial charge in [0.05, 0.1) is 5.69 Å². The second-order valence-corrected chi connectivity index (χ2v) is 4.65. The standard InChI is InChI=1S/C8H7N3O4S.Na/c12-8(13)3-7-10-5-1-2-9-4-6(5)16(14,15)11-7;/h1-2,4H,3H2,(H,10,11)(H,12,13);/q;+1. The fraction of sp³-hybridized carbons (Fsp3) is 0.125. The van der Waals surface area contributed by atoms with Crippen LogP contribution in [0.3, 0.4) is 0 Å². The molecule has 1 aromatic heterocycles. The van der Waals surface area contributed by atoms with Gasteiger partial charge in [-0.15, -0.1) is 4.40 Å². The zero-order valence-electron chi connectivity index (χ0n) is 8.91. The molecule has 0 fully saturated rings. The van der Waals surface area contributed by atoms with Crippen molar-refractivity contribution in [2.75, 3.05) is 5.32 Å². The Kier molecular flexibility index (Phi) is 4.26. The number of aliphatic carboxylic acids is 1. The minimum absolute atomic E-state index is 0. The number of carboxylic acids is 1. The summed E-state index contributed by atoms with van der Waals surface area (Å²) in [5.74, 6) is -1.26. The first kappa shape index (κ1) is 14.1. The molecule has 1 aromatic rings. The summed E-state index contributed by atoms with van der Waals surface area (Å²) in [6.07, 6.45) is 2.10. The van der Waals surface area contributed by atoms with Crippen molar-refractivity contribution < 1.29 is 47.9 Å². The number of nitrogens with zero attached hydrogens (tertiary/aromatic N) is 2. The van der Waals surface area contributed by atoms with Gasteiger partial charge in [-0.1, -0.05) is 0 Å². The molecule has 0 aliphatic carbocycles. The molecule has 7 nitrogen and oxygen atoms in total. The number of sulfonamides is 1. The Morgan fingerprint density at radius 2 is 2.18 bits per heavy atom. The molecule has 0 radical (unpaired) electrons. The van der Waals surface area contributed by atoms with Crippen LogP contribution in [-0.2, 0) is 14.8 Å². The number of hydrogen-bond donors (Lipinski definition) is 2. The van der Waals surface area contributed by atoms with Crippen LogP contribution in [0, 0.1) is 0 Å². The molecule has 0 saturated heterocycles. The van der Waals surface area contributed by atoms with Gasteiger partial charge in [-0.2, -0.15) is 8.42 Å². The molecular formula is C8H7N3NaO4S+. The van der Waals surface area contributed by atoms with Crippen LogP contribution in [0.15, 0.2) is 27.8 Å². The van der Waals surface area contributed by atoms with Crippen LogP contribution >= 0.6 is 0 Å². The van der Waals surface area contributed by atoms with Gasteiger partial charge in [0.2, 0.25) is 0 Å². The molecule has 0 atom stereocenters. The van der Waals surface area contributed by atoms with Crippen molar-refractivity contribution in [3.8, 4) is 0 Å². The van der Waals surface area contributed by atoms with Gasteiger partial charge in [0.25, 0.3) is 10.0 Å². The fourth-order valence-corrected chi connectivity index (χ4v) is 2.37. The summed E-state index contributed by atoms with van der Waals surface area (Å²) in [5, 5.41) is 11.2. The monoisotopic (exact) mass is 264 g/mol. The van der Waals surface area contributed by atoms with E-state index < -0.39 is 22.4 Å². The van der Waals surface area contributed by atoms with Gasteiger partial charge in [0.1, 0.15) is 17.2 Å². The Labute approximate surface area is 119 Å². The fourth-order valence-electron chi connectivity index (χ4n) is 1.28. The van der Waals surface area contributed by atoms with Gasteiger partial charge in [-0.3, -0.25) is 9.78 Å². The zero-order chi connectivity index (χ0) is 11.8. The van der Waals surface area contributed by atoms with Gasteiger partial charge in [-0.25, -0.2) is 0 Å². The maximum Gasteiger partial charge on any atom is 1.00 e. The van der Waals surface area contributed by atoms with E-state index in [-0.39, 0.29) is 40.3 Å². The maximum atomic E-state index is 11.6. The van der Waals surface area contributed by atoms with E-state index in [9.17, 15) is 13.2 Å². The molecule has 2 N–H and O–H groups in total. The first-order valence-electron chi connectivity index (χ1n) is 4.26. The summed E-state index contributed by atoms with van der Waals surface area (Å²) >= 11 is 0. The van der Waals surface area contributed by atoms with E-state index in [1.807, 2.05) is 0 Å². The maximum absolute atomic E-state index is 11.6. The summed E-state index contributed by atoms with van der Waals surface area (Å²) in [5.41, 5.74) is 0.293. The summed E-state index contributed by atoms with van der Waals surface area (Å²) in [6.45, 7) is 0. The van der Waals surface area contributed by atoms with Crippen LogP contribution < -0.4 is 34.9 Å². The number of anilines is 1. The van der Waals surface area contributed by atoms with Gasteiger partial charge in [0.15, 0.2) is 0 Å². The second kappa shape index (κ2) is 5.13. The molecule has 1 aliphatic heterocycles. The smallest absolute Gasteiger partial charge is 0.481 e. The van der Waals surface area contributed by atoms with Crippen LogP contribution in [0.1, 0.15) is 6.42 Å². The largest absolute Gasteiger partial charge is 1.00 e. The number of carbonyl (C=O) groups is 1. The molecule has 0 bridgehead atoms. The third kappa shape index (κ3) is 3.03. The van der Waals surface area contributed by atoms with E-state index in [1.165, 1.54) is 18.5 Å². The number of fused-ring (bicyclic) bond motifs is 1. The van der Waals surface area contributed by atoms with Crippen molar-refractivity contribution in [3.63, 3.8) is 0 Å². The number of carboxylic acid groups (broad SMARTS) is 1. The Morgan fingerprint density at radius 1 is 1.47 bits per heavy atom. The average Bonchev–Trinajstić information content (AvgIpc) is 2.15. The molecule has 0 saturated carbocycles.